The Labute approximate surface area is 97.0 Å². The molecular formula is C11H13N3O3. The molecule has 0 aliphatic heterocycles. The van der Waals surface area contributed by atoms with Crippen molar-refractivity contribution in [2.75, 3.05) is 14.2 Å². The highest BCUT2D eigenvalue weighted by molar-refractivity contribution is 5.81. The van der Waals surface area contributed by atoms with Crippen LogP contribution in [0.5, 0.6) is 0 Å². The molecule has 90 valence electrons. The number of fused-ring (bicyclic) bond motifs is 1. The Hall–Kier alpha value is -2.08. The van der Waals surface area contributed by atoms with E-state index in [0.29, 0.717) is 11.0 Å². The fourth-order valence-electron chi connectivity index (χ4n) is 1.77. The number of esters is 1. The van der Waals surface area contributed by atoms with E-state index in [1.54, 1.807) is 25.2 Å². The second kappa shape index (κ2) is 4.42. The maximum Gasteiger partial charge on any atom is 0.327 e. The van der Waals surface area contributed by atoms with Crippen molar-refractivity contribution in [2.24, 2.45) is 0 Å². The maximum atomic E-state index is 11.5. The van der Waals surface area contributed by atoms with E-state index in [1.807, 2.05) is 0 Å². The molecule has 1 heterocycles. The zero-order valence-electron chi connectivity index (χ0n) is 9.53. The first kappa shape index (κ1) is 11.4. The van der Waals surface area contributed by atoms with Crippen LogP contribution in [-0.4, -0.2) is 30.1 Å². The van der Waals surface area contributed by atoms with Crippen LogP contribution in [0.4, 0.5) is 0 Å². The number of H-pyrrole nitrogens is 2. The van der Waals surface area contributed by atoms with Crippen molar-refractivity contribution in [1.82, 2.24) is 15.3 Å². The third kappa shape index (κ3) is 2.07. The summed E-state index contributed by atoms with van der Waals surface area (Å²) < 4.78 is 4.69. The molecule has 3 N–H and O–H groups in total. The van der Waals surface area contributed by atoms with Gasteiger partial charge in [-0.25, -0.2) is 9.59 Å². The zero-order valence-corrected chi connectivity index (χ0v) is 9.53. The number of aromatic amines is 2. The van der Waals surface area contributed by atoms with Crippen molar-refractivity contribution in [3.8, 4) is 0 Å². The van der Waals surface area contributed by atoms with Crippen LogP contribution in [0.15, 0.2) is 23.0 Å². The lowest BCUT2D eigenvalue weighted by Gasteiger charge is -2.13. The van der Waals surface area contributed by atoms with Gasteiger partial charge in [0, 0.05) is 0 Å². The molecule has 1 aromatic carbocycles. The first-order chi connectivity index (χ1) is 8.15. The van der Waals surface area contributed by atoms with Crippen molar-refractivity contribution in [3.63, 3.8) is 0 Å². The molecule has 2 aromatic rings. The van der Waals surface area contributed by atoms with Crippen molar-refractivity contribution in [3.05, 3.63) is 34.2 Å². The molecule has 0 radical (unpaired) electrons. The van der Waals surface area contributed by atoms with Crippen LogP contribution in [-0.2, 0) is 9.53 Å². The summed E-state index contributed by atoms with van der Waals surface area (Å²) in [6.07, 6.45) is 0. The Morgan fingerprint density at radius 2 is 2.06 bits per heavy atom. The molecule has 0 saturated heterocycles. The normalized spacial score (nSPS) is 12.6. The summed E-state index contributed by atoms with van der Waals surface area (Å²) in [5.74, 6) is -0.371. The van der Waals surface area contributed by atoms with Gasteiger partial charge in [-0.15, -0.1) is 0 Å². The number of aromatic nitrogens is 2. The van der Waals surface area contributed by atoms with Crippen LogP contribution in [0.3, 0.4) is 0 Å². The standard InChI is InChI=1S/C11H13N3O3/c1-12-9(10(15)17-2)6-3-4-7-8(5-6)14-11(16)13-7/h3-5,9,12H,1-2H3,(H2,13,14,16). The molecule has 1 aromatic heterocycles. The molecule has 1 atom stereocenters. The molecule has 17 heavy (non-hydrogen) atoms. The van der Waals surface area contributed by atoms with Crippen LogP contribution >= 0.6 is 0 Å². The third-order valence-corrected chi connectivity index (χ3v) is 2.60. The molecule has 0 saturated carbocycles. The minimum absolute atomic E-state index is 0.267. The first-order valence-electron chi connectivity index (χ1n) is 5.12. The smallest absolute Gasteiger partial charge is 0.327 e. The Bertz CT molecular complexity index is 599. The van der Waals surface area contributed by atoms with Crippen LogP contribution in [0.25, 0.3) is 11.0 Å². The quantitative estimate of drug-likeness (QED) is 0.667. The van der Waals surface area contributed by atoms with Crippen molar-refractivity contribution < 1.29 is 9.53 Å². The molecular weight excluding hydrogens is 222 g/mol. The Morgan fingerprint density at radius 3 is 2.71 bits per heavy atom. The molecule has 0 amide bonds. The van der Waals surface area contributed by atoms with E-state index in [4.69, 9.17) is 4.74 Å². The number of imidazole rings is 1. The summed E-state index contributed by atoms with van der Waals surface area (Å²) in [5, 5.41) is 2.86. The van der Waals surface area contributed by atoms with Gasteiger partial charge < -0.3 is 20.0 Å². The molecule has 0 fully saturated rings. The lowest BCUT2D eigenvalue weighted by atomic mass is 10.1. The highest BCUT2D eigenvalue weighted by Gasteiger charge is 2.19. The van der Waals surface area contributed by atoms with E-state index in [2.05, 4.69) is 15.3 Å². The Morgan fingerprint density at radius 1 is 1.35 bits per heavy atom. The summed E-state index contributed by atoms with van der Waals surface area (Å²) in [5.41, 5.74) is 1.84. The van der Waals surface area contributed by atoms with Crippen molar-refractivity contribution in [1.29, 1.82) is 0 Å². The zero-order chi connectivity index (χ0) is 12.4. The van der Waals surface area contributed by atoms with Crippen molar-refractivity contribution in [2.45, 2.75) is 6.04 Å². The van der Waals surface area contributed by atoms with E-state index >= 15 is 0 Å². The van der Waals surface area contributed by atoms with Gasteiger partial charge in [-0.05, 0) is 24.7 Å². The predicted octanol–water partition coefficient (Wildman–Crippen LogP) is 0.290. The molecule has 1 unspecified atom stereocenters. The molecule has 6 nitrogen and oxygen atoms in total. The summed E-state index contributed by atoms with van der Waals surface area (Å²) in [6, 6.07) is 4.72. The Kier molecular flexibility index (Phi) is 2.97. The van der Waals surface area contributed by atoms with Gasteiger partial charge in [0.2, 0.25) is 0 Å². The molecule has 6 heteroatoms. The van der Waals surface area contributed by atoms with Gasteiger partial charge in [0.25, 0.3) is 0 Å². The summed E-state index contributed by atoms with van der Waals surface area (Å²) >= 11 is 0. The third-order valence-electron chi connectivity index (χ3n) is 2.60. The van der Waals surface area contributed by atoms with E-state index < -0.39 is 6.04 Å². The number of ether oxygens (including phenoxy) is 1. The predicted molar refractivity (Wildman–Crippen MR) is 62.7 cm³/mol. The molecule has 0 bridgehead atoms. The molecule has 2 rings (SSSR count). The minimum atomic E-state index is -0.539. The number of nitrogens with one attached hydrogen (secondary N) is 3. The van der Waals surface area contributed by atoms with Crippen LogP contribution in [0, 0.1) is 0 Å². The van der Waals surface area contributed by atoms with Gasteiger partial charge in [-0.3, -0.25) is 0 Å². The minimum Gasteiger partial charge on any atom is -0.468 e. The van der Waals surface area contributed by atoms with Gasteiger partial charge in [-0.1, -0.05) is 6.07 Å². The topological polar surface area (TPSA) is 87.0 Å². The number of hydrogen-bond donors (Lipinski definition) is 3. The van der Waals surface area contributed by atoms with E-state index in [9.17, 15) is 9.59 Å². The highest BCUT2D eigenvalue weighted by atomic mass is 16.5. The maximum absolute atomic E-state index is 11.5. The number of hydrogen-bond acceptors (Lipinski definition) is 4. The van der Waals surface area contributed by atoms with Crippen LogP contribution in [0.2, 0.25) is 0 Å². The second-order valence-electron chi connectivity index (χ2n) is 3.63. The lowest BCUT2D eigenvalue weighted by molar-refractivity contribution is -0.143. The summed E-state index contributed by atoms with van der Waals surface area (Å²) in [7, 11) is 3.01. The van der Waals surface area contributed by atoms with Gasteiger partial charge >= 0.3 is 11.7 Å². The van der Waals surface area contributed by atoms with Crippen molar-refractivity contribution >= 4 is 17.0 Å². The number of carbonyl (C=O) groups excluding carboxylic acids is 1. The van der Waals surface area contributed by atoms with Gasteiger partial charge in [0.05, 0.1) is 18.1 Å². The molecule has 0 aliphatic carbocycles. The van der Waals surface area contributed by atoms with E-state index in [-0.39, 0.29) is 11.7 Å². The molecule has 0 spiro atoms. The summed E-state index contributed by atoms with van der Waals surface area (Å²) in [4.78, 5) is 27.9. The van der Waals surface area contributed by atoms with Crippen LogP contribution in [0.1, 0.15) is 11.6 Å². The number of carbonyl (C=O) groups is 1. The number of likely N-dealkylation sites (N-methyl/N-ethyl adjacent to an activating group) is 1. The van der Waals surface area contributed by atoms with Gasteiger partial charge in [0.1, 0.15) is 6.04 Å². The fourth-order valence-corrected chi connectivity index (χ4v) is 1.77. The lowest BCUT2D eigenvalue weighted by Crippen LogP contribution is -2.26. The Balaban J connectivity index is 2.47. The average molecular weight is 235 g/mol. The number of methoxy groups -OCH3 is 1. The second-order valence-corrected chi connectivity index (χ2v) is 3.63. The summed E-state index contributed by atoms with van der Waals surface area (Å²) in [6.45, 7) is 0. The highest BCUT2D eigenvalue weighted by Crippen LogP contribution is 2.18. The first-order valence-corrected chi connectivity index (χ1v) is 5.12. The van der Waals surface area contributed by atoms with Gasteiger partial charge in [-0.2, -0.15) is 0 Å². The monoisotopic (exact) mass is 235 g/mol. The number of rotatable bonds is 3. The average Bonchev–Trinajstić information content (AvgIpc) is 2.69. The number of benzene rings is 1. The fraction of sp³-hybridized carbons (Fsp3) is 0.273. The van der Waals surface area contributed by atoms with E-state index in [1.165, 1.54) is 7.11 Å². The largest absolute Gasteiger partial charge is 0.468 e. The van der Waals surface area contributed by atoms with E-state index in [0.717, 1.165) is 5.56 Å². The SMILES string of the molecule is CNC(C(=O)OC)c1ccc2[nH]c(=O)[nH]c2c1. The van der Waals surface area contributed by atoms with Gasteiger partial charge in [0.15, 0.2) is 0 Å². The van der Waals surface area contributed by atoms with Crippen LogP contribution < -0.4 is 11.0 Å². The molecule has 0 aliphatic rings.